The third-order valence-corrected chi connectivity index (χ3v) is 3.27. The van der Waals surface area contributed by atoms with E-state index in [2.05, 4.69) is 6.07 Å². The molecule has 1 aromatic heterocycles. The predicted molar refractivity (Wildman–Crippen MR) is 64.1 cm³/mol. The summed E-state index contributed by atoms with van der Waals surface area (Å²) in [7, 11) is 0. The quantitative estimate of drug-likeness (QED) is 0.879. The third-order valence-electron chi connectivity index (χ3n) is 2.38. The van der Waals surface area contributed by atoms with Crippen LogP contribution in [0.3, 0.4) is 0 Å². The van der Waals surface area contributed by atoms with Gasteiger partial charge in [-0.25, -0.2) is 0 Å². The maximum absolute atomic E-state index is 10.0. The van der Waals surface area contributed by atoms with Crippen molar-refractivity contribution in [1.82, 2.24) is 0 Å². The van der Waals surface area contributed by atoms with Crippen molar-refractivity contribution in [2.45, 2.75) is 12.5 Å². The molecular formula is C13H11NOS. The Morgan fingerprint density at radius 3 is 2.88 bits per heavy atom. The van der Waals surface area contributed by atoms with E-state index >= 15 is 0 Å². The molecule has 2 aromatic rings. The highest BCUT2D eigenvalue weighted by Gasteiger charge is 2.09. The number of hydrogen-bond acceptors (Lipinski definition) is 3. The first-order valence-corrected chi connectivity index (χ1v) is 5.88. The normalized spacial score (nSPS) is 12.0. The smallest absolute Gasteiger partial charge is 0.0991 e. The van der Waals surface area contributed by atoms with E-state index < -0.39 is 6.10 Å². The van der Waals surface area contributed by atoms with Crippen LogP contribution in [-0.2, 0) is 6.42 Å². The lowest BCUT2D eigenvalue weighted by Crippen LogP contribution is -2.00. The number of nitrogens with zero attached hydrogens (tertiary/aromatic N) is 1. The van der Waals surface area contributed by atoms with Gasteiger partial charge in [0, 0.05) is 11.3 Å². The van der Waals surface area contributed by atoms with Crippen molar-refractivity contribution in [3.05, 3.63) is 57.8 Å². The van der Waals surface area contributed by atoms with E-state index in [0.717, 1.165) is 10.4 Å². The average molecular weight is 229 g/mol. The van der Waals surface area contributed by atoms with Gasteiger partial charge in [0.05, 0.1) is 17.7 Å². The van der Waals surface area contributed by atoms with E-state index in [1.165, 1.54) is 0 Å². The van der Waals surface area contributed by atoms with Crippen LogP contribution in [0.5, 0.6) is 0 Å². The summed E-state index contributed by atoms with van der Waals surface area (Å²) < 4.78 is 0. The predicted octanol–water partition coefficient (Wildman–Crippen LogP) is 2.90. The van der Waals surface area contributed by atoms with Gasteiger partial charge in [-0.3, -0.25) is 0 Å². The molecule has 0 bridgehead atoms. The van der Waals surface area contributed by atoms with E-state index in [9.17, 15) is 5.11 Å². The van der Waals surface area contributed by atoms with Crippen LogP contribution in [-0.4, -0.2) is 5.11 Å². The average Bonchev–Trinajstić information content (AvgIpc) is 2.82. The zero-order valence-electron chi connectivity index (χ0n) is 8.63. The lowest BCUT2D eigenvalue weighted by atomic mass is 10.0. The Morgan fingerprint density at radius 2 is 2.19 bits per heavy atom. The van der Waals surface area contributed by atoms with Gasteiger partial charge in [-0.05, 0) is 29.1 Å². The van der Waals surface area contributed by atoms with Crippen molar-refractivity contribution in [2.24, 2.45) is 0 Å². The monoisotopic (exact) mass is 229 g/mol. The highest BCUT2D eigenvalue weighted by Crippen LogP contribution is 2.21. The number of rotatable bonds is 3. The van der Waals surface area contributed by atoms with Crippen LogP contribution in [0.4, 0.5) is 0 Å². The molecule has 0 amide bonds. The second kappa shape index (κ2) is 4.93. The largest absolute Gasteiger partial charge is 0.388 e. The second-order valence-electron chi connectivity index (χ2n) is 3.54. The summed E-state index contributed by atoms with van der Waals surface area (Å²) in [6, 6.07) is 13.2. The van der Waals surface area contributed by atoms with Crippen molar-refractivity contribution >= 4 is 11.3 Å². The first-order chi connectivity index (χ1) is 7.79. The summed E-state index contributed by atoms with van der Waals surface area (Å²) in [6.45, 7) is 0. The summed E-state index contributed by atoms with van der Waals surface area (Å²) in [6.07, 6.45) is 0.0685. The Morgan fingerprint density at radius 1 is 1.31 bits per heavy atom. The number of thiophene rings is 1. The Bertz CT molecular complexity index is 499. The topological polar surface area (TPSA) is 44.0 Å². The van der Waals surface area contributed by atoms with Gasteiger partial charge in [0.25, 0.3) is 0 Å². The van der Waals surface area contributed by atoms with Gasteiger partial charge in [0.15, 0.2) is 0 Å². The number of hydrogen-bond donors (Lipinski definition) is 1. The zero-order chi connectivity index (χ0) is 11.4. The molecule has 1 aromatic carbocycles. The van der Waals surface area contributed by atoms with Crippen LogP contribution >= 0.6 is 11.3 Å². The zero-order valence-corrected chi connectivity index (χ0v) is 9.45. The van der Waals surface area contributed by atoms with Crippen LogP contribution in [0, 0.1) is 11.3 Å². The molecular weight excluding hydrogens is 218 g/mol. The van der Waals surface area contributed by atoms with Crippen molar-refractivity contribution in [3.8, 4) is 6.07 Å². The third kappa shape index (κ3) is 2.48. The van der Waals surface area contributed by atoms with Gasteiger partial charge in [-0.1, -0.05) is 18.2 Å². The molecule has 1 N–H and O–H groups in total. The Kier molecular flexibility index (Phi) is 3.35. The first-order valence-electron chi connectivity index (χ1n) is 5.00. The van der Waals surface area contributed by atoms with Gasteiger partial charge in [0.1, 0.15) is 0 Å². The summed E-state index contributed by atoms with van der Waals surface area (Å²) in [5, 5.41) is 20.8. The Hall–Kier alpha value is -1.63. The number of nitriles is 1. The fourth-order valence-electron chi connectivity index (χ4n) is 1.55. The van der Waals surface area contributed by atoms with E-state index in [1.54, 1.807) is 29.5 Å². The highest BCUT2D eigenvalue weighted by molar-refractivity contribution is 7.09. The molecule has 0 radical (unpaired) electrons. The molecule has 2 rings (SSSR count). The van der Waals surface area contributed by atoms with E-state index in [0.29, 0.717) is 12.0 Å². The van der Waals surface area contributed by atoms with Gasteiger partial charge >= 0.3 is 0 Å². The molecule has 0 saturated heterocycles. The minimum Gasteiger partial charge on any atom is -0.388 e. The Labute approximate surface area is 98.4 Å². The minimum absolute atomic E-state index is 0.535. The van der Waals surface area contributed by atoms with E-state index in [4.69, 9.17) is 5.26 Å². The van der Waals surface area contributed by atoms with Crippen LogP contribution < -0.4 is 0 Å². The molecule has 0 aliphatic rings. The number of aliphatic hydroxyl groups is 1. The molecule has 0 saturated carbocycles. The Balaban J connectivity index is 2.15. The molecule has 1 atom stereocenters. The lowest BCUT2D eigenvalue weighted by molar-refractivity contribution is 0.179. The van der Waals surface area contributed by atoms with E-state index in [-0.39, 0.29) is 0 Å². The van der Waals surface area contributed by atoms with Gasteiger partial charge < -0.3 is 5.11 Å². The summed E-state index contributed by atoms with van der Waals surface area (Å²) in [5.74, 6) is 0. The fraction of sp³-hybridized carbons (Fsp3) is 0.154. The lowest BCUT2D eigenvalue weighted by Gasteiger charge is -2.09. The fourth-order valence-corrected chi connectivity index (χ4v) is 2.30. The first kappa shape index (κ1) is 10.9. The standard InChI is InChI=1S/C13H11NOS/c14-9-10-3-1-4-11(7-10)13(15)8-12-5-2-6-16-12/h1-7,13,15H,8H2. The molecule has 2 nitrogen and oxygen atoms in total. The summed E-state index contributed by atoms with van der Waals surface area (Å²) in [4.78, 5) is 1.15. The maximum Gasteiger partial charge on any atom is 0.0991 e. The van der Waals surface area contributed by atoms with Crippen molar-refractivity contribution in [3.63, 3.8) is 0 Å². The molecule has 80 valence electrons. The van der Waals surface area contributed by atoms with Gasteiger partial charge in [-0.2, -0.15) is 5.26 Å². The van der Waals surface area contributed by atoms with Crippen molar-refractivity contribution < 1.29 is 5.11 Å². The van der Waals surface area contributed by atoms with E-state index in [1.807, 2.05) is 23.6 Å². The molecule has 16 heavy (non-hydrogen) atoms. The molecule has 1 unspecified atom stereocenters. The SMILES string of the molecule is N#Cc1cccc(C(O)Cc2cccs2)c1. The molecule has 0 aliphatic heterocycles. The minimum atomic E-state index is -0.535. The van der Waals surface area contributed by atoms with Gasteiger partial charge in [-0.15, -0.1) is 11.3 Å². The van der Waals surface area contributed by atoms with Gasteiger partial charge in [0.2, 0.25) is 0 Å². The molecule has 3 heteroatoms. The van der Waals surface area contributed by atoms with Crippen molar-refractivity contribution in [2.75, 3.05) is 0 Å². The van der Waals surface area contributed by atoms with Crippen LogP contribution in [0.25, 0.3) is 0 Å². The van der Waals surface area contributed by atoms with Crippen molar-refractivity contribution in [1.29, 1.82) is 5.26 Å². The molecule has 0 spiro atoms. The molecule has 1 heterocycles. The van der Waals surface area contributed by atoms with Crippen LogP contribution in [0.2, 0.25) is 0 Å². The highest BCUT2D eigenvalue weighted by atomic mass is 32.1. The molecule has 0 fully saturated rings. The maximum atomic E-state index is 10.0. The number of benzene rings is 1. The number of aliphatic hydroxyl groups excluding tert-OH is 1. The summed E-state index contributed by atoms with van der Waals surface area (Å²) in [5.41, 5.74) is 1.38. The summed E-state index contributed by atoms with van der Waals surface area (Å²) >= 11 is 1.63. The second-order valence-corrected chi connectivity index (χ2v) is 4.57. The van der Waals surface area contributed by atoms with Crippen LogP contribution in [0.15, 0.2) is 41.8 Å². The van der Waals surface area contributed by atoms with Crippen LogP contribution in [0.1, 0.15) is 22.1 Å². The molecule has 0 aliphatic carbocycles.